The summed E-state index contributed by atoms with van der Waals surface area (Å²) < 4.78 is 14.1. The zero-order valence-electron chi connectivity index (χ0n) is 19.2. The van der Waals surface area contributed by atoms with Crippen LogP contribution in [0.1, 0.15) is 37.8 Å². The van der Waals surface area contributed by atoms with Gasteiger partial charge in [-0.1, -0.05) is 55.3 Å². The van der Waals surface area contributed by atoms with Crippen LogP contribution in [0.25, 0.3) is 0 Å². The van der Waals surface area contributed by atoms with Gasteiger partial charge in [-0.05, 0) is 25.5 Å². The number of nitrogens with two attached hydrogens (primary N) is 1. The summed E-state index contributed by atoms with van der Waals surface area (Å²) in [5, 5.41) is 13.4. The molecule has 0 heterocycles. The van der Waals surface area contributed by atoms with Crippen LogP contribution >= 0.6 is 11.6 Å². The monoisotopic (exact) mass is 489 g/mol. The van der Waals surface area contributed by atoms with E-state index >= 15 is 0 Å². The second-order valence-corrected chi connectivity index (χ2v) is 8.19. The van der Waals surface area contributed by atoms with E-state index in [0.29, 0.717) is 12.1 Å². The van der Waals surface area contributed by atoms with Crippen molar-refractivity contribution < 1.29 is 18.8 Å². The minimum absolute atomic E-state index is 0.0316. The Bertz CT molecular complexity index is 1060. The topological polar surface area (TPSA) is 128 Å². The first-order valence-electron chi connectivity index (χ1n) is 10.9. The normalized spacial score (nSPS) is 11.4. The van der Waals surface area contributed by atoms with E-state index in [2.05, 4.69) is 10.6 Å². The molecule has 0 bridgehead atoms. The van der Waals surface area contributed by atoms with E-state index in [1.54, 1.807) is 30.3 Å². The Morgan fingerprint density at radius 3 is 2.56 bits per heavy atom. The van der Waals surface area contributed by atoms with Crippen molar-refractivity contribution in [3.63, 3.8) is 0 Å². The summed E-state index contributed by atoms with van der Waals surface area (Å²) in [5.41, 5.74) is 5.77. The summed E-state index contributed by atoms with van der Waals surface area (Å²) in [7, 11) is 0. The Morgan fingerprint density at radius 2 is 1.88 bits per heavy atom. The molecule has 0 aliphatic carbocycles. The maximum absolute atomic E-state index is 14.1. The van der Waals surface area contributed by atoms with Gasteiger partial charge in [-0.2, -0.15) is 0 Å². The Morgan fingerprint density at radius 1 is 1.18 bits per heavy atom. The molecule has 0 aromatic heterocycles. The molecular weight excluding hydrogens is 461 g/mol. The third-order valence-corrected chi connectivity index (χ3v) is 5.55. The third-order valence-electron chi connectivity index (χ3n) is 5.25. The molecule has 5 N–H and O–H groups in total. The van der Waals surface area contributed by atoms with Gasteiger partial charge in [-0.15, -0.1) is 0 Å². The zero-order chi connectivity index (χ0) is 25.3. The van der Waals surface area contributed by atoms with E-state index < -0.39 is 17.6 Å². The molecule has 1 atom stereocenters. The Labute approximate surface area is 203 Å². The van der Waals surface area contributed by atoms with E-state index in [0.717, 1.165) is 6.42 Å². The molecule has 2 aromatic carbocycles. The summed E-state index contributed by atoms with van der Waals surface area (Å²) in [6.45, 7) is 3.40. The van der Waals surface area contributed by atoms with E-state index in [9.17, 15) is 18.8 Å². The van der Waals surface area contributed by atoms with Crippen molar-refractivity contribution in [2.45, 2.75) is 39.3 Å². The fraction of sp³-hybridized carbons (Fsp3) is 0.333. The average Bonchev–Trinajstić information content (AvgIpc) is 2.81. The van der Waals surface area contributed by atoms with Crippen molar-refractivity contribution in [3.8, 4) is 0 Å². The van der Waals surface area contributed by atoms with Crippen molar-refractivity contribution >= 4 is 40.7 Å². The van der Waals surface area contributed by atoms with Crippen molar-refractivity contribution in [1.82, 2.24) is 10.2 Å². The molecule has 10 heteroatoms. The SMILES string of the molecule is CCCC(C)N(CC(=O)NCc1cccc(Cl)c1F)C(=O)CNc1ccccc1C(=N)C(N)=O. The van der Waals surface area contributed by atoms with Gasteiger partial charge in [0.2, 0.25) is 11.8 Å². The van der Waals surface area contributed by atoms with E-state index in [4.69, 9.17) is 22.7 Å². The number of anilines is 1. The highest BCUT2D eigenvalue weighted by Gasteiger charge is 2.23. The lowest BCUT2D eigenvalue weighted by atomic mass is 10.1. The summed E-state index contributed by atoms with van der Waals surface area (Å²) in [6.07, 6.45) is 1.50. The van der Waals surface area contributed by atoms with Gasteiger partial charge in [0.1, 0.15) is 11.5 Å². The molecular formula is C24H29ClFN5O3. The zero-order valence-corrected chi connectivity index (χ0v) is 19.9. The second kappa shape index (κ2) is 12.7. The number of carbonyl (C=O) groups is 3. The number of hydrogen-bond acceptors (Lipinski definition) is 5. The van der Waals surface area contributed by atoms with Crippen LogP contribution < -0.4 is 16.4 Å². The largest absolute Gasteiger partial charge is 0.376 e. The lowest BCUT2D eigenvalue weighted by Crippen LogP contribution is -2.47. The first-order valence-corrected chi connectivity index (χ1v) is 11.2. The van der Waals surface area contributed by atoms with Crippen LogP contribution in [0.2, 0.25) is 5.02 Å². The van der Waals surface area contributed by atoms with Gasteiger partial charge < -0.3 is 21.3 Å². The van der Waals surface area contributed by atoms with Crippen molar-refractivity contribution in [3.05, 3.63) is 64.4 Å². The average molecular weight is 490 g/mol. The molecule has 0 spiro atoms. The number of halogens is 2. The predicted octanol–water partition coefficient (Wildman–Crippen LogP) is 3.08. The molecule has 0 aliphatic rings. The molecule has 2 rings (SSSR count). The van der Waals surface area contributed by atoms with Crippen LogP contribution in [0, 0.1) is 11.2 Å². The van der Waals surface area contributed by atoms with Crippen LogP contribution in [0.3, 0.4) is 0 Å². The molecule has 0 saturated carbocycles. The number of carbonyl (C=O) groups excluding carboxylic acids is 3. The minimum atomic E-state index is -0.883. The maximum Gasteiger partial charge on any atom is 0.267 e. The van der Waals surface area contributed by atoms with Crippen LogP contribution in [0.5, 0.6) is 0 Å². The molecule has 0 saturated heterocycles. The highest BCUT2D eigenvalue weighted by molar-refractivity contribution is 6.44. The molecule has 3 amide bonds. The van der Waals surface area contributed by atoms with E-state index in [1.807, 2.05) is 13.8 Å². The lowest BCUT2D eigenvalue weighted by Gasteiger charge is -2.29. The summed E-state index contributed by atoms with van der Waals surface area (Å²) in [6, 6.07) is 10.9. The van der Waals surface area contributed by atoms with Crippen LogP contribution in [0.15, 0.2) is 42.5 Å². The summed E-state index contributed by atoms with van der Waals surface area (Å²) >= 11 is 5.78. The molecule has 34 heavy (non-hydrogen) atoms. The fourth-order valence-electron chi connectivity index (χ4n) is 3.41. The third kappa shape index (κ3) is 7.28. The Kier molecular flexibility index (Phi) is 10.0. The summed E-state index contributed by atoms with van der Waals surface area (Å²) in [5.74, 6) is -2.26. The number of nitrogens with one attached hydrogen (secondary N) is 3. The van der Waals surface area contributed by atoms with Crippen molar-refractivity contribution in [2.24, 2.45) is 5.73 Å². The van der Waals surface area contributed by atoms with E-state index in [-0.39, 0.29) is 53.4 Å². The maximum atomic E-state index is 14.1. The van der Waals surface area contributed by atoms with Crippen molar-refractivity contribution in [2.75, 3.05) is 18.4 Å². The molecule has 2 aromatic rings. The summed E-state index contributed by atoms with van der Waals surface area (Å²) in [4.78, 5) is 38.4. The number of rotatable bonds is 12. The first-order chi connectivity index (χ1) is 16.1. The highest BCUT2D eigenvalue weighted by atomic mass is 35.5. The quantitative estimate of drug-likeness (QED) is 0.341. The van der Waals surface area contributed by atoms with Gasteiger partial charge in [0.05, 0.1) is 18.1 Å². The molecule has 0 aliphatic heterocycles. The minimum Gasteiger partial charge on any atom is -0.376 e. The standard InChI is InChI=1S/C24H29ClFN5O3/c1-3-7-15(2)31(14-20(32)30-12-16-8-6-10-18(25)22(16)26)21(33)13-29-19-11-5-4-9-17(19)23(27)24(28)34/h4-6,8-11,15,27,29H,3,7,12-14H2,1-2H3,(H2,28,34)(H,30,32). The van der Waals surface area contributed by atoms with E-state index in [1.165, 1.54) is 17.0 Å². The van der Waals surface area contributed by atoms with Gasteiger partial charge in [0, 0.05) is 29.4 Å². The number of primary amides is 1. The molecule has 8 nitrogen and oxygen atoms in total. The van der Waals surface area contributed by atoms with Gasteiger partial charge >= 0.3 is 0 Å². The number of para-hydroxylation sites is 1. The number of nitrogens with zero attached hydrogens (tertiary/aromatic N) is 1. The van der Waals surface area contributed by atoms with Gasteiger partial charge in [0.15, 0.2) is 0 Å². The van der Waals surface area contributed by atoms with Crippen LogP contribution in [-0.4, -0.2) is 47.5 Å². The Hall–Kier alpha value is -3.46. The second-order valence-electron chi connectivity index (χ2n) is 7.79. The van der Waals surface area contributed by atoms with Gasteiger partial charge in [0.25, 0.3) is 5.91 Å². The van der Waals surface area contributed by atoms with Crippen molar-refractivity contribution in [1.29, 1.82) is 5.41 Å². The number of benzene rings is 2. The van der Waals surface area contributed by atoms with Gasteiger partial charge in [-0.3, -0.25) is 19.8 Å². The molecule has 0 radical (unpaired) electrons. The highest BCUT2D eigenvalue weighted by Crippen LogP contribution is 2.18. The first kappa shape index (κ1) is 26.8. The number of amides is 3. The van der Waals surface area contributed by atoms with Crippen LogP contribution in [0.4, 0.5) is 10.1 Å². The fourth-order valence-corrected chi connectivity index (χ4v) is 3.61. The molecule has 182 valence electrons. The number of hydrogen-bond donors (Lipinski definition) is 4. The Balaban J connectivity index is 2.07. The van der Waals surface area contributed by atoms with Crippen LogP contribution in [-0.2, 0) is 20.9 Å². The smallest absolute Gasteiger partial charge is 0.267 e. The predicted molar refractivity (Wildman–Crippen MR) is 130 cm³/mol. The lowest BCUT2D eigenvalue weighted by molar-refractivity contribution is -0.136. The van der Waals surface area contributed by atoms with Gasteiger partial charge in [-0.25, -0.2) is 4.39 Å². The molecule has 1 unspecified atom stereocenters. The molecule has 0 fully saturated rings.